The second kappa shape index (κ2) is 8.62. The standard InChI is InChI=1S/C14H23NO3S2/c1-3-4-5-6-20-11-8-12(14(17)18)15(9-11)13(16)7-10(2)19/h3,10-12,19H,1,4-9H2,2H3,(H,17,18)/t10?,11-,12-/m0/s1. The first-order valence-corrected chi connectivity index (χ1v) is 8.45. The van der Waals surface area contributed by atoms with Gasteiger partial charge in [0, 0.05) is 23.5 Å². The zero-order valence-corrected chi connectivity index (χ0v) is 13.5. The van der Waals surface area contributed by atoms with Crippen LogP contribution in [-0.2, 0) is 9.59 Å². The molecule has 0 bridgehead atoms. The molecule has 1 fully saturated rings. The number of carboxylic acids is 1. The summed E-state index contributed by atoms with van der Waals surface area (Å²) in [5.74, 6) is -0.0259. The minimum absolute atomic E-state index is 0.0451. The Morgan fingerprint density at radius 3 is 2.85 bits per heavy atom. The van der Waals surface area contributed by atoms with Gasteiger partial charge in [-0.3, -0.25) is 4.79 Å². The van der Waals surface area contributed by atoms with Crippen molar-refractivity contribution in [1.29, 1.82) is 0 Å². The van der Waals surface area contributed by atoms with Gasteiger partial charge in [0.25, 0.3) is 0 Å². The molecular weight excluding hydrogens is 294 g/mol. The van der Waals surface area contributed by atoms with Gasteiger partial charge in [-0.05, 0) is 25.0 Å². The number of thioether (sulfide) groups is 1. The van der Waals surface area contributed by atoms with E-state index in [1.54, 1.807) is 11.8 Å². The van der Waals surface area contributed by atoms with Crippen LogP contribution in [0.4, 0.5) is 0 Å². The van der Waals surface area contributed by atoms with Crippen molar-refractivity contribution in [3.05, 3.63) is 12.7 Å². The molecule has 1 unspecified atom stereocenters. The maximum atomic E-state index is 12.1. The van der Waals surface area contributed by atoms with Gasteiger partial charge in [-0.1, -0.05) is 13.0 Å². The van der Waals surface area contributed by atoms with E-state index >= 15 is 0 Å². The Morgan fingerprint density at radius 1 is 1.60 bits per heavy atom. The number of aliphatic carboxylic acids is 1. The van der Waals surface area contributed by atoms with Gasteiger partial charge in [-0.25, -0.2) is 4.79 Å². The maximum absolute atomic E-state index is 12.1. The SMILES string of the molecule is C=CCCCS[C@H]1C[C@@H](C(=O)O)N(C(=O)CC(C)S)C1. The van der Waals surface area contributed by atoms with Gasteiger partial charge in [-0.15, -0.1) is 6.58 Å². The molecule has 0 spiro atoms. The Kier molecular flexibility index (Phi) is 7.51. The van der Waals surface area contributed by atoms with E-state index in [9.17, 15) is 14.7 Å². The molecule has 1 rings (SSSR count). The molecule has 4 nitrogen and oxygen atoms in total. The van der Waals surface area contributed by atoms with Crippen molar-refractivity contribution in [3.63, 3.8) is 0 Å². The smallest absolute Gasteiger partial charge is 0.326 e. The maximum Gasteiger partial charge on any atom is 0.326 e. The van der Waals surface area contributed by atoms with E-state index in [2.05, 4.69) is 19.2 Å². The number of carboxylic acid groups (broad SMARTS) is 1. The summed E-state index contributed by atoms with van der Waals surface area (Å²) in [5.41, 5.74) is 0. The number of carbonyl (C=O) groups excluding carboxylic acids is 1. The van der Waals surface area contributed by atoms with E-state index in [0.29, 0.717) is 19.4 Å². The second-order valence-corrected chi connectivity index (χ2v) is 7.40. The van der Waals surface area contributed by atoms with Crippen LogP contribution in [0.1, 0.15) is 32.6 Å². The summed E-state index contributed by atoms with van der Waals surface area (Å²) >= 11 is 5.97. The highest BCUT2D eigenvalue weighted by molar-refractivity contribution is 7.99. The molecule has 3 atom stereocenters. The fourth-order valence-corrected chi connectivity index (χ4v) is 3.68. The number of unbranched alkanes of at least 4 members (excludes halogenated alkanes) is 1. The Labute approximate surface area is 130 Å². The number of nitrogens with zero attached hydrogens (tertiary/aromatic N) is 1. The number of allylic oxidation sites excluding steroid dienone is 1. The highest BCUT2D eigenvalue weighted by Gasteiger charge is 2.39. The second-order valence-electron chi connectivity index (χ2n) is 5.11. The van der Waals surface area contributed by atoms with Gasteiger partial charge in [0.1, 0.15) is 6.04 Å². The fraction of sp³-hybridized carbons (Fsp3) is 0.714. The Bertz CT molecular complexity index is 360. The zero-order valence-electron chi connectivity index (χ0n) is 11.8. The molecule has 20 heavy (non-hydrogen) atoms. The monoisotopic (exact) mass is 317 g/mol. The molecule has 0 aromatic carbocycles. The molecular formula is C14H23NO3S2. The van der Waals surface area contributed by atoms with E-state index in [-0.39, 0.29) is 16.4 Å². The third-order valence-corrected chi connectivity index (χ3v) is 4.76. The predicted octanol–water partition coefficient (Wildman–Crippen LogP) is 2.45. The average Bonchev–Trinajstić information content (AvgIpc) is 2.78. The Balaban J connectivity index is 2.53. The highest BCUT2D eigenvalue weighted by atomic mass is 32.2. The van der Waals surface area contributed by atoms with Crippen LogP contribution in [0.15, 0.2) is 12.7 Å². The molecule has 1 heterocycles. The lowest BCUT2D eigenvalue weighted by molar-refractivity contribution is -0.148. The normalized spacial score (nSPS) is 23.6. The number of rotatable bonds is 8. The van der Waals surface area contributed by atoms with Gasteiger partial charge in [0.15, 0.2) is 0 Å². The van der Waals surface area contributed by atoms with E-state index in [1.807, 2.05) is 13.0 Å². The van der Waals surface area contributed by atoms with Crippen LogP contribution in [0, 0.1) is 0 Å². The molecule has 1 aliphatic heterocycles. The van der Waals surface area contributed by atoms with Gasteiger partial charge >= 0.3 is 5.97 Å². The van der Waals surface area contributed by atoms with E-state index in [4.69, 9.17) is 0 Å². The summed E-state index contributed by atoms with van der Waals surface area (Å²) < 4.78 is 0. The Hall–Kier alpha value is -0.620. The summed E-state index contributed by atoms with van der Waals surface area (Å²) in [6.45, 7) is 6.06. The third kappa shape index (κ3) is 5.40. The number of hydrogen-bond acceptors (Lipinski definition) is 4. The van der Waals surface area contributed by atoms with Crippen molar-refractivity contribution in [2.45, 2.75) is 49.1 Å². The first-order chi connectivity index (χ1) is 9.45. The van der Waals surface area contributed by atoms with Crippen molar-refractivity contribution in [2.75, 3.05) is 12.3 Å². The van der Waals surface area contributed by atoms with E-state index < -0.39 is 12.0 Å². The number of amides is 1. The van der Waals surface area contributed by atoms with Crippen molar-refractivity contribution < 1.29 is 14.7 Å². The summed E-state index contributed by atoms with van der Waals surface area (Å²) in [6.07, 6.45) is 4.74. The number of hydrogen-bond donors (Lipinski definition) is 2. The molecule has 0 aromatic rings. The molecule has 0 saturated carbocycles. The van der Waals surface area contributed by atoms with Gasteiger partial charge in [-0.2, -0.15) is 24.4 Å². The molecule has 1 aliphatic rings. The van der Waals surface area contributed by atoms with Crippen molar-refractivity contribution in [1.82, 2.24) is 4.90 Å². The van der Waals surface area contributed by atoms with Crippen LogP contribution in [0.25, 0.3) is 0 Å². The molecule has 6 heteroatoms. The van der Waals surface area contributed by atoms with E-state index in [1.165, 1.54) is 4.90 Å². The van der Waals surface area contributed by atoms with Crippen LogP contribution in [-0.4, -0.2) is 50.7 Å². The molecule has 0 aliphatic carbocycles. The van der Waals surface area contributed by atoms with Gasteiger partial charge in [0.05, 0.1) is 0 Å². The van der Waals surface area contributed by atoms with E-state index in [0.717, 1.165) is 18.6 Å². The number of thiol groups is 1. The predicted molar refractivity (Wildman–Crippen MR) is 86.5 cm³/mol. The molecule has 1 saturated heterocycles. The summed E-state index contributed by atoms with van der Waals surface area (Å²) in [5, 5.41) is 9.44. The fourth-order valence-electron chi connectivity index (χ4n) is 2.28. The van der Waals surface area contributed by atoms with Crippen molar-refractivity contribution in [2.24, 2.45) is 0 Å². The highest BCUT2D eigenvalue weighted by Crippen LogP contribution is 2.29. The lowest BCUT2D eigenvalue weighted by atomic mass is 10.2. The van der Waals surface area contributed by atoms with Crippen molar-refractivity contribution in [3.8, 4) is 0 Å². The van der Waals surface area contributed by atoms with Gasteiger partial charge in [0.2, 0.25) is 5.91 Å². The summed E-state index contributed by atoms with van der Waals surface area (Å²) in [7, 11) is 0. The van der Waals surface area contributed by atoms with Crippen LogP contribution >= 0.6 is 24.4 Å². The van der Waals surface area contributed by atoms with Crippen LogP contribution < -0.4 is 0 Å². The minimum atomic E-state index is -0.903. The quantitative estimate of drug-likeness (QED) is 0.410. The van der Waals surface area contributed by atoms with Crippen molar-refractivity contribution >= 4 is 36.3 Å². The number of likely N-dealkylation sites (tertiary alicyclic amines) is 1. The topological polar surface area (TPSA) is 57.6 Å². The first kappa shape index (κ1) is 17.4. The van der Waals surface area contributed by atoms with Crippen LogP contribution in [0.2, 0.25) is 0 Å². The Morgan fingerprint density at radius 2 is 2.30 bits per heavy atom. The molecule has 0 aromatic heterocycles. The summed E-state index contributed by atoms with van der Waals surface area (Å²) in [4.78, 5) is 24.9. The third-order valence-electron chi connectivity index (χ3n) is 3.24. The number of carbonyl (C=O) groups is 2. The summed E-state index contributed by atoms with van der Waals surface area (Å²) in [6, 6.07) is -0.675. The lowest BCUT2D eigenvalue weighted by Gasteiger charge is -2.22. The minimum Gasteiger partial charge on any atom is -0.480 e. The average molecular weight is 317 g/mol. The molecule has 1 N–H and O–H groups in total. The lowest BCUT2D eigenvalue weighted by Crippen LogP contribution is -2.41. The van der Waals surface area contributed by atoms with Gasteiger partial charge < -0.3 is 10.0 Å². The molecule has 1 amide bonds. The first-order valence-electron chi connectivity index (χ1n) is 6.88. The largest absolute Gasteiger partial charge is 0.480 e. The molecule has 114 valence electrons. The van der Waals surface area contributed by atoms with Crippen LogP contribution in [0.3, 0.4) is 0 Å². The molecule has 0 radical (unpaired) electrons. The zero-order chi connectivity index (χ0) is 15.1. The van der Waals surface area contributed by atoms with Crippen LogP contribution in [0.5, 0.6) is 0 Å².